The number of hydrogen-bond donors (Lipinski definition) is 1. The molecule has 0 spiro atoms. The van der Waals surface area contributed by atoms with Crippen LogP contribution in [0.4, 0.5) is 5.69 Å². The Hall–Kier alpha value is -3.02. The highest BCUT2D eigenvalue weighted by molar-refractivity contribution is 5.95. The molecule has 2 aromatic carbocycles. The second kappa shape index (κ2) is 9.96. The number of ether oxygens (including phenoxy) is 2. The lowest BCUT2D eigenvalue weighted by Crippen LogP contribution is -2.33. The Morgan fingerprint density at radius 1 is 1.10 bits per heavy atom. The topological polar surface area (TPSA) is 67.9 Å². The van der Waals surface area contributed by atoms with Gasteiger partial charge in [-0.2, -0.15) is 0 Å². The van der Waals surface area contributed by atoms with Crippen molar-refractivity contribution in [3.63, 3.8) is 0 Å². The smallest absolute Gasteiger partial charge is 0.243 e. The minimum atomic E-state index is -0.195. The fraction of sp³-hybridized carbons (Fsp3) is 0.391. The fourth-order valence-corrected chi connectivity index (χ4v) is 3.20. The van der Waals surface area contributed by atoms with E-state index in [1.807, 2.05) is 32.0 Å². The van der Waals surface area contributed by atoms with Gasteiger partial charge in [0.15, 0.2) is 0 Å². The molecule has 1 aliphatic heterocycles. The molecule has 0 aromatic heterocycles. The molecule has 0 bridgehead atoms. The lowest BCUT2D eigenvalue weighted by atomic mass is 10.1. The van der Waals surface area contributed by atoms with Crippen LogP contribution < -0.4 is 14.8 Å². The van der Waals surface area contributed by atoms with E-state index in [-0.39, 0.29) is 18.4 Å². The van der Waals surface area contributed by atoms with Crippen LogP contribution >= 0.6 is 0 Å². The predicted molar refractivity (Wildman–Crippen MR) is 112 cm³/mol. The third-order valence-corrected chi connectivity index (χ3v) is 4.78. The number of benzene rings is 2. The summed E-state index contributed by atoms with van der Waals surface area (Å²) in [6.07, 6.45) is 2.10. The van der Waals surface area contributed by atoms with Gasteiger partial charge in [0.25, 0.3) is 0 Å². The first-order valence-corrected chi connectivity index (χ1v) is 10.0. The number of anilines is 1. The van der Waals surface area contributed by atoms with Crippen molar-refractivity contribution in [2.45, 2.75) is 33.1 Å². The third-order valence-electron chi connectivity index (χ3n) is 4.78. The molecular weight excluding hydrogens is 368 g/mol. The highest BCUT2D eigenvalue weighted by atomic mass is 16.5. The van der Waals surface area contributed by atoms with Gasteiger partial charge in [0, 0.05) is 31.1 Å². The van der Waals surface area contributed by atoms with Crippen molar-refractivity contribution >= 4 is 17.5 Å². The number of aryl methyl sites for hydroxylation is 2. The second-order valence-electron chi connectivity index (χ2n) is 7.31. The normalized spacial score (nSPS) is 13.4. The molecule has 0 saturated carbocycles. The zero-order valence-electron chi connectivity index (χ0n) is 17.1. The Balaban J connectivity index is 1.40. The molecule has 1 N–H and O–H groups in total. The van der Waals surface area contributed by atoms with Crippen molar-refractivity contribution in [1.82, 2.24) is 4.90 Å². The van der Waals surface area contributed by atoms with Gasteiger partial charge >= 0.3 is 0 Å². The molecule has 0 radical (unpaired) electrons. The molecule has 6 heteroatoms. The van der Waals surface area contributed by atoms with Gasteiger partial charge in [-0.1, -0.05) is 18.2 Å². The van der Waals surface area contributed by atoms with Crippen LogP contribution in [-0.4, -0.2) is 43.0 Å². The lowest BCUT2D eigenvalue weighted by Gasteiger charge is -2.15. The summed E-state index contributed by atoms with van der Waals surface area (Å²) in [7, 11) is 0. The number of nitrogens with zero attached hydrogens (tertiary/aromatic N) is 1. The summed E-state index contributed by atoms with van der Waals surface area (Å²) in [4.78, 5) is 25.4. The molecule has 3 rings (SSSR count). The van der Waals surface area contributed by atoms with E-state index in [1.54, 1.807) is 17.0 Å². The van der Waals surface area contributed by atoms with Crippen molar-refractivity contribution < 1.29 is 19.1 Å². The molecule has 0 aliphatic carbocycles. The minimum absolute atomic E-state index is 0.0420. The van der Waals surface area contributed by atoms with Crippen LogP contribution in [-0.2, 0) is 9.59 Å². The van der Waals surface area contributed by atoms with E-state index in [1.165, 1.54) is 5.56 Å². The van der Waals surface area contributed by atoms with Crippen LogP contribution in [0.5, 0.6) is 11.5 Å². The Morgan fingerprint density at radius 2 is 1.93 bits per heavy atom. The van der Waals surface area contributed by atoms with Crippen molar-refractivity contribution in [1.29, 1.82) is 0 Å². The molecule has 2 amide bonds. The van der Waals surface area contributed by atoms with Crippen LogP contribution in [0.2, 0.25) is 0 Å². The molecule has 1 fully saturated rings. The predicted octanol–water partition coefficient (Wildman–Crippen LogP) is 3.71. The quantitative estimate of drug-likeness (QED) is 0.656. The van der Waals surface area contributed by atoms with Crippen LogP contribution in [0.1, 0.15) is 30.4 Å². The molecular formula is C23H28N2O4. The molecule has 1 heterocycles. The Kier molecular flexibility index (Phi) is 7.11. The summed E-state index contributed by atoms with van der Waals surface area (Å²) >= 11 is 0. The minimum Gasteiger partial charge on any atom is -0.493 e. The van der Waals surface area contributed by atoms with Crippen molar-refractivity contribution in [3.8, 4) is 11.5 Å². The zero-order valence-corrected chi connectivity index (χ0v) is 17.1. The molecule has 6 nitrogen and oxygen atoms in total. The number of rotatable bonds is 9. The number of carbonyl (C=O) groups is 2. The van der Waals surface area contributed by atoms with E-state index in [9.17, 15) is 9.59 Å². The van der Waals surface area contributed by atoms with Gasteiger partial charge in [-0.25, -0.2) is 0 Å². The SMILES string of the molecule is Cc1ccc(C)c(OCCCOc2cccc(NC(=O)CN3CCCC3=O)c2)c1. The van der Waals surface area contributed by atoms with E-state index in [2.05, 4.69) is 17.4 Å². The number of nitrogens with one attached hydrogen (secondary N) is 1. The molecule has 1 saturated heterocycles. The summed E-state index contributed by atoms with van der Waals surface area (Å²) in [5.74, 6) is 1.44. The van der Waals surface area contributed by atoms with Crippen LogP contribution in [0.25, 0.3) is 0 Å². The molecule has 2 aromatic rings. The third kappa shape index (κ3) is 6.24. The monoisotopic (exact) mass is 396 g/mol. The van der Waals surface area contributed by atoms with E-state index in [0.29, 0.717) is 37.6 Å². The van der Waals surface area contributed by atoms with Gasteiger partial charge in [-0.05, 0) is 49.6 Å². The first-order valence-electron chi connectivity index (χ1n) is 10.0. The standard InChI is InChI=1S/C23H28N2O4/c1-17-9-10-18(2)21(14-17)29-13-5-12-28-20-7-3-6-19(15-20)24-22(26)16-25-11-4-8-23(25)27/h3,6-7,9-10,14-15H,4-5,8,11-13,16H2,1-2H3,(H,24,26). The summed E-state index contributed by atoms with van der Waals surface area (Å²) in [5, 5.41) is 2.83. The molecule has 154 valence electrons. The van der Waals surface area contributed by atoms with Crippen LogP contribution in [0.3, 0.4) is 0 Å². The molecule has 0 atom stereocenters. The number of hydrogen-bond acceptors (Lipinski definition) is 4. The maximum absolute atomic E-state index is 12.1. The van der Waals surface area contributed by atoms with Gasteiger partial charge in [0.2, 0.25) is 11.8 Å². The van der Waals surface area contributed by atoms with Gasteiger partial charge < -0.3 is 19.7 Å². The Morgan fingerprint density at radius 3 is 2.72 bits per heavy atom. The van der Waals surface area contributed by atoms with Gasteiger partial charge in [0.05, 0.1) is 19.8 Å². The number of carbonyl (C=O) groups excluding carboxylic acids is 2. The van der Waals surface area contributed by atoms with E-state index in [4.69, 9.17) is 9.47 Å². The van der Waals surface area contributed by atoms with E-state index >= 15 is 0 Å². The van der Waals surface area contributed by atoms with E-state index < -0.39 is 0 Å². The molecule has 29 heavy (non-hydrogen) atoms. The summed E-state index contributed by atoms with van der Waals surface area (Å²) in [6, 6.07) is 13.4. The largest absolute Gasteiger partial charge is 0.493 e. The second-order valence-corrected chi connectivity index (χ2v) is 7.31. The van der Waals surface area contributed by atoms with Gasteiger partial charge in [0.1, 0.15) is 11.5 Å². The highest BCUT2D eigenvalue weighted by Gasteiger charge is 2.22. The van der Waals surface area contributed by atoms with Gasteiger partial charge in [-0.15, -0.1) is 0 Å². The average molecular weight is 396 g/mol. The summed E-state index contributed by atoms with van der Waals surface area (Å²) in [6.45, 7) is 5.92. The maximum Gasteiger partial charge on any atom is 0.243 e. The maximum atomic E-state index is 12.1. The molecule has 1 aliphatic rings. The molecule has 0 unspecified atom stereocenters. The van der Waals surface area contributed by atoms with Crippen molar-refractivity contribution in [2.75, 3.05) is 31.6 Å². The summed E-state index contributed by atoms with van der Waals surface area (Å²) < 4.78 is 11.6. The lowest BCUT2D eigenvalue weighted by molar-refractivity contribution is -0.131. The van der Waals surface area contributed by atoms with Crippen molar-refractivity contribution in [3.05, 3.63) is 53.6 Å². The Labute approximate surface area is 171 Å². The van der Waals surface area contributed by atoms with Crippen LogP contribution in [0.15, 0.2) is 42.5 Å². The number of amides is 2. The van der Waals surface area contributed by atoms with E-state index in [0.717, 1.165) is 24.2 Å². The average Bonchev–Trinajstić information content (AvgIpc) is 3.09. The van der Waals surface area contributed by atoms with Gasteiger partial charge in [-0.3, -0.25) is 9.59 Å². The number of likely N-dealkylation sites (tertiary alicyclic amines) is 1. The van der Waals surface area contributed by atoms with Crippen LogP contribution in [0, 0.1) is 13.8 Å². The Bertz CT molecular complexity index is 866. The van der Waals surface area contributed by atoms with Crippen molar-refractivity contribution in [2.24, 2.45) is 0 Å². The zero-order chi connectivity index (χ0) is 20.6. The first-order chi connectivity index (χ1) is 14.0. The highest BCUT2D eigenvalue weighted by Crippen LogP contribution is 2.20. The fourth-order valence-electron chi connectivity index (χ4n) is 3.20. The summed E-state index contributed by atoms with van der Waals surface area (Å²) in [5.41, 5.74) is 2.95. The first kappa shape index (κ1) is 20.7.